The molecule has 0 unspecified atom stereocenters. The molecule has 0 fully saturated rings. The highest BCUT2D eigenvalue weighted by molar-refractivity contribution is 4.55. The lowest BCUT2D eigenvalue weighted by Gasteiger charge is -2.11. The summed E-state index contributed by atoms with van der Waals surface area (Å²) in [6.07, 6.45) is 9.99. The van der Waals surface area contributed by atoms with Crippen LogP contribution in [0.4, 0.5) is 0 Å². The quantitative estimate of drug-likeness (QED) is 0.464. The molecule has 0 saturated carbocycles. The topological polar surface area (TPSA) is 0 Å². The van der Waals surface area contributed by atoms with Crippen molar-refractivity contribution in [1.82, 2.24) is 0 Å². The van der Waals surface area contributed by atoms with Gasteiger partial charge in [-0.3, -0.25) is 0 Å². The van der Waals surface area contributed by atoms with Crippen LogP contribution in [0.5, 0.6) is 0 Å². The van der Waals surface area contributed by atoms with E-state index in [-0.39, 0.29) is 0 Å². The van der Waals surface area contributed by atoms with Crippen LogP contribution >= 0.6 is 0 Å². The lowest BCUT2D eigenvalue weighted by molar-refractivity contribution is 0.421. The van der Waals surface area contributed by atoms with Gasteiger partial charge in [0, 0.05) is 0 Å². The van der Waals surface area contributed by atoms with E-state index >= 15 is 0 Å². The van der Waals surface area contributed by atoms with Gasteiger partial charge in [-0.1, -0.05) is 72.6 Å². The summed E-state index contributed by atoms with van der Waals surface area (Å²) >= 11 is 0. The molecular weight excluding hydrogens is 156 g/mol. The molecule has 0 radical (unpaired) electrons. The highest BCUT2D eigenvalue weighted by atomic mass is 14.1. The molecule has 0 heteroatoms. The first-order chi connectivity index (χ1) is 6.20. The van der Waals surface area contributed by atoms with Gasteiger partial charge in [-0.15, -0.1) is 0 Å². The van der Waals surface area contributed by atoms with E-state index in [2.05, 4.69) is 27.7 Å². The summed E-state index contributed by atoms with van der Waals surface area (Å²) in [6.45, 7) is 9.28. The molecule has 0 rings (SSSR count). The van der Waals surface area contributed by atoms with Crippen LogP contribution in [0.3, 0.4) is 0 Å². The normalized spacial score (nSPS) is 11.5. The van der Waals surface area contributed by atoms with Gasteiger partial charge in [0.05, 0.1) is 0 Å². The predicted molar refractivity (Wildman–Crippen MR) is 62.0 cm³/mol. The second-order valence-corrected chi connectivity index (χ2v) is 4.71. The number of hydrogen-bond acceptors (Lipinski definition) is 0. The first kappa shape index (κ1) is 13.0. The van der Waals surface area contributed by atoms with Crippen LogP contribution in [-0.2, 0) is 0 Å². The summed E-state index contributed by atoms with van der Waals surface area (Å²) in [7, 11) is 0. The fourth-order valence-electron chi connectivity index (χ4n) is 1.86. The van der Waals surface area contributed by atoms with E-state index in [0.29, 0.717) is 0 Å². The van der Waals surface area contributed by atoms with Crippen molar-refractivity contribution in [3.05, 3.63) is 0 Å². The molecule has 0 bridgehead atoms. The highest BCUT2D eigenvalue weighted by Gasteiger charge is 2.02. The molecule has 0 amide bonds. The Morgan fingerprint density at radius 3 is 1.77 bits per heavy atom. The van der Waals surface area contributed by atoms with E-state index < -0.39 is 0 Å². The minimum Gasteiger partial charge on any atom is -0.0651 e. The van der Waals surface area contributed by atoms with Crippen LogP contribution in [0.15, 0.2) is 0 Å². The molecule has 0 aromatic heterocycles. The minimum atomic E-state index is 0.896. The first-order valence-corrected chi connectivity index (χ1v) is 6.20. The van der Waals surface area contributed by atoms with Gasteiger partial charge in [-0.25, -0.2) is 0 Å². The van der Waals surface area contributed by atoms with E-state index in [1.165, 1.54) is 44.9 Å². The molecule has 0 heterocycles. The molecule has 0 aliphatic rings. The molecule has 0 saturated heterocycles. The van der Waals surface area contributed by atoms with E-state index in [0.717, 1.165) is 11.8 Å². The average Bonchev–Trinajstić information content (AvgIpc) is 2.11. The molecule has 0 aliphatic carbocycles. The van der Waals surface area contributed by atoms with E-state index in [9.17, 15) is 0 Å². The van der Waals surface area contributed by atoms with Gasteiger partial charge in [0.2, 0.25) is 0 Å². The molecule has 13 heavy (non-hydrogen) atoms. The smallest absolute Gasteiger partial charge is 0.0420 e. The average molecular weight is 184 g/mol. The number of rotatable bonds is 8. The highest BCUT2D eigenvalue weighted by Crippen LogP contribution is 2.17. The molecular formula is C13H28. The number of hydrogen-bond donors (Lipinski definition) is 0. The Hall–Kier alpha value is 0. The summed E-state index contributed by atoms with van der Waals surface area (Å²) < 4.78 is 0. The second kappa shape index (κ2) is 8.59. The van der Waals surface area contributed by atoms with Crippen molar-refractivity contribution in [2.45, 2.75) is 72.6 Å². The Kier molecular flexibility index (Phi) is 8.59. The third-order valence-electron chi connectivity index (χ3n) is 3.05. The van der Waals surface area contributed by atoms with Gasteiger partial charge in [0.1, 0.15) is 0 Å². The Bertz CT molecular complexity index is 90.2. The van der Waals surface area contributed by atoms with Gasteiger partial charge in [-0.2, -0.15) is 0 Å². The third kappa shape index (κ3) is 8.33. The van der Waals surface area contributed by atoms with Crippen molar-refractivity contribution < 1.29 is 0 Å². The maximum absolute atomic E-state index is 2.32. The van der Waals surface area contributed by atoms with Crippen LogP contribution in [0.1, 0.15) is 72.6 Å². The molecule has 0 spiro atoms. The van der Waals surface area contributed by atoms with E-state index in [1.54, 1.807) is 0 Å². The summed E-state index contributed by atoms with van der Waals surface area (Å²) in [5.41, 5.74) is 0. The molecule has 0 aromatic carbocycles. The molecule has 0 aromatic rings. The second-order valence-electron chi connectivity index (χ2n) is 4.71. The van der Waals surface area contributed by atoms with Crippen molar-refractivity contribution in [2.75, 3.05) is 0 Å². The van der Waals surface area contributed by atoms with Crippen molar-refractivity contribution in [1.29, 1.82) is 0 Å². The van der Waals surface area contributed by atoms with Crippen molar-refractivity contribution in [3.63, 3.8) is 0 Å². The molecule has 80 valence electrons. The monoisotopic (exact) mass is 184 g/mol. The van der Waals surface area contributed by atoms with Crippen LogP contribution in [0.25, 0.3) is 0 Å². The predicted octanol–water partition coefficient (Wildman–Crippen LogP) is 5.03. The van der Waals surface area contributed by atoms with Gasteiger partial charge >= 0.3 is 0 Å². The lowest BCUT2D eigenvalue weighted by atomic mass is 9.95. The largest absolute Gasteiger partial charge is 0.0651 e. The Balaban J connectivity index is 3.14. The Labute approximate surface area is 85.1 Å². The zero-order chi connectivity index (χ0) is 10.1. The van der Waals surface area contributed by atoms with Crippen LogP contribution in [0, 0.1) is 11.8 Å². The fourth-order valence-corrected chi connectivity index (χ4v) is 1.86. The molecule has 0 N–H and O–H groups in total. The fraction of sp³-hybridized carbons (Fsp3) is 1.00. The van der Waals surface area contributed by atoms with Crippen LogP contribution in [0.2, 0.25) is 0 Å². The molecule has 0 aliphatic heterocycles. The van der Waals surface area contributed by atoms with Gasteiger partial charge in [-0.05, 0) is 11.8 Å². The summed E-state index contributed by atoms with van der Waals surface area (Å²) in [5.74, 6) is 1.90. The Morgan fingerprint density at radius 1 is 0.769 bits per heavy atom. The minimum absolute atomic E-state index is 0.896. The van der Waals surface area contributed by atoms with Crippen LogP contribution < -0.4 is 0 Å². The first-order valence-electron chi connectivity index (χ1n) is 6.20. The van der Waals surface area contributed by atoms with Crippen molar-refractivity contribution in [3.8, 4) is 0 Å². The van der Waals surface area contributed by atoms with E-state index in [4.69, 9.17) is 0 Å². The maximum Gasteiger partial charge on any atom is -0.0420 e. The summed E-state index contributed by atoms with van der Waals surface area (Å²) in [5, 5.41) is 0. The SMILES string of the molecule is CCC(CC)CCCCCC(C)C. The van der Waals surface area contributed by atoms with Gasteiger partial charge < -0.3 is 0 Å². The molecule has 0 atom stereocenters. The standard InChI is InChI=1S/C13H28/c1-5-13(6-2)11-9-7-8-10-12(3)4/h12-13H,5-11H2,1-4H3. The Morgan fingerprint density at radius 2 is 1.31 bits per heavy atom. The van der Waals surface area contributed by atoms with Gasteiger partial charge in [0.15, 0.2) is 0 Å². The zero-order valence-corrected chi connectivity index (χ0v) is 10.1. The van der Waals surface area contributed by atoms with Gasteiger partial charge in [0.25, 0.3) is 0 Å². The van der Waals surface area contributed by atoms with Crippen molar-refractivity contribution >= 4 is 0 Å². The summed E-state index contributed by atoms with van der Waals surface area (Å²) in [4.78, 5) is 0. The molecule has 0 nitrogen and oxygen atoms in total. The van der Waals surface area contributed by atoms with E-state index in [1.807, 2.05) is 0 Å². The van der Waals surface area contributed by atoms with Crippen LogP contribution in [-0.4, -0.2) is 0 Å². The summed E-state index contributed by atoms with van der Waals surface area (Å²) in [6, 6.07) is 0. The number of unbranched alkanes of at least 4 members (excludes halogenated alkanes) is 2. The third-order valence-corrected chi connectivity index (χ3v) is 3.05. The van der Waals surface area contributed by atoms with Crippen molar-refractivity contribution in [2.24, 2.45) is 11.8 Å². The lowest BCUT2D eigenvalue weighted by Crippen LogP contribution is -1.96. The zero-order valence-electron chi connectivity index (χ0n) is 10.1. The maximum atomic E-state index is 2.32.